The lowest BCUT2D eigenvalue weighted by atomic mass is 9.90. The highest BCUT2D eigenvalue weighted by molar-refractivity contribution is 6.10. The number of methoxy groups -OCH3 is 1. The van der Waals surface area contributed by atoms with Gasteiger partial charge in [-0.05, 0) is 62.9 Å². The first-order chi connectivity index (χ1) is 12.8. The van der Waals surface area contributed by atoms with Crippen molar-refractivity contribution < 1.29 is 14.3 Å². The number of anilines is 1. The Kier molecular flexibility index (Phi) is 6.61. The predicted molar refractivity (Wildman–Crippen MR) is 108 cm³/mol. The van der Waals surface area contributed by atoms with Crippen molar-refractivity contribution in [1.82, 2.24) is 5.32 Å². The van der Waals surface area contributed by atoms with E-state index in [2.05, 4.69) is 10.6 Å². The first-order valence-corrected chi connectivity index (χ1v) is 9.05. The van der Waals surface area contributed by atoms with Crippen LogP contribution in [-0.2, 0) is 16.0 Å². The topological polar surface area (TPSA) is 67.4 Å². The van der Waals surface area contributed by atoms with E-state index in [0.29, 0.717) is 13.0 Å². The number of amides is 2. The summed E-state index contributed by atoms with van der Waals surface area (Å²) in [6.45, 7) is 7.63. The molecule has 0 spiro atoms. The van der Waals surface area contributed by atoms with Crippen molar-refractivity contribution in [1.29, 1.82) is 0 Å². The van der Waals surface area contributed by atoms with Gasteiger partial charge in [0.2, 0.25) is 11.8 Å². The molecule has 0 unspecified atom stereocenters. The number of rotatable bonds is 7. The Hall–Kier alpha value is -2.82. The third-order valence-corrected chi connectivity index (χ3v) is 4.86. The summed E-state index contributed by atoms with van der Waals surface area (Å²) in [6, 6.07) is 13.4. The van der Waals surface area contributed by atoms with Crippen molar-refractivity contribution >= 4 is 17.5 Å². The van der Waals surface area contributed by atoms with Crippen LogP contribution < -0.4 is 15.4 Å². The highest BCUT2D eigenvalue weighted by Crippen LogP contribution is 2.23. The Morgan fingerprint density at radius 1 is 1.00 bits per heavy atom. The highest BCUT2D eigenvalue weighted by atomic mass is 16.5. The standard InChI is InChI=1S/C22H28N2O3/c1-15-9-8-11-18(16(15)2)24-21(26)22(3,4)20(25)23-14-13-17-10-6-7-12-19(17)27-5/h6-12H,13-14H2,1-5H3,(H,23,25)(H,24,26). The lowest BCUT2D eigenvalue weighted by Crippen LogP contribution is -2.45. The molecule has 2 amide bonds. The third-order valence-electron chi connectivity index (χ3n) is 4.86. The summed E-state index contributed by atoms with van der Waals surface area (Å²) in [7, 11) is 1.62. The average Bonchev–Trinajstić information content (AvgIpc) is 2.65. The zero-order valence-electron chi connectivity index (χ0n) is 16.7. The van der Waals surface area contributed by atoms with E-state index in [-0.39, 0.29) is 11.8 Å². The van der Waals surface area contributed by atoms with Gasteiger partial charge in [-0.3, -0.25) is 9.59 Å². The minimum atomic E-state index is -1.18. The second-order valence-corrected chi connectivity index (χ2v) is 7.14. The number of ether oxygens (including phenoxy) is 1. The summed E-state index contributed by atoms with van der Waals surface area (Å²) >= 11 is 0. The van der Waals surface area contributed by atoms with E-state index in [4.69, 9.17) is 4.74 Å². The maximum Gasteiger partial charge on any atom is 0.239 e. The number of para-hydroxylation sites is 1. The van der Waals surface area contributed by atoms with Crippen molar-refractivity contribution in [3.8, 4) is 5.75 Å². The van der Waals surface area contributed by atoms with Crippen LogP contribution in [-0.4, -0.2) is 25.5 Å². The number of nitrogens with one attached hydrogen (secondary N) is 2. The molecule has 2 N–H and O–H groups in total. The molecule has 0 heterocycles. The molecule has 0 saturated heterocycles. The molecule has 0 radical (unpaired) electrons. The van der Waals surface area contributed by atoms with Gasteiger partial charge in [0.25, 0.3) is 0 Å². The number of carbonyl (C=O) groups excluding carboxylic acids is 2. The van der Waals surface area contributed by atoms with Gasteiger partial charge in [0.05, 0.1) is 7.11 Å². The number of benzene rings is 2. The van der Waals surface area contributed by atoms with Crippen LogP contribution in [0, 0.1) is 19.3 Å². The quantitative estimate of drug-likeness (QED) is 0.733. The smallest absolute Gasteiger partial charge is 0.239 e. The Morgan fingerprint density at radius 2 is 1.70 bits per heavy atom. The Morgan fingerprint density at radius 3 is 2.41 bits per heavy atom. The first kappa shape index (κ1) is 20.5. The largest absolute Gasteiger partial charge is 0.496 e. The maximum atomic E-state index is 12.7. The van der Waals surface area contributed by atoms with Gasteiger partial charge in [0.15, 0.2) is 0 Å². The van der Waals surface area contributed by atoms with Crippen LogP contribution in [0.2, 0.25) is 0 Å². The van der Waals surface area contributed by atoms with Gasteiger partial charge >= 0.3 is 0 Å². The molecule has 0 aliphatic heterocycles. The molecule has 5 nitrogen and oxygen atoms in total. The van der Waals surface area contributed by atoms with Crippen LogP contribution in [0.4, 0.5) is 5.69 Å². The van der Waals surface area contributed by atoms with Gasteiger partial charge < -0.3 is 15.4 Å². The van der Waals surface area contributed by atoms with Crippen molar-refractivity contribution in [3.05, 3.63) is 59.2 Å². The third kappa shape index (κ3) is 4.88. The fraction of sp³-hybridized carbons (Fsp3) is 0.364. The second kappa shape index (κ2) is 8.71. The first-order valence-electron chi connectivity index (χ1n) is 9.05. The predicted octanol–water partition coefficient (Wildman–Crippen LogP) is 3.64. The number of carbonyl (C=O) groups is 2. The normalized spacial score (nSPS) is 11.0. The van der Waals surface area contributed by atoms with Gasteiger partial charge in [0.1, 0.15) is 11.2 Å². The Bertz CT molecular complexity index is 828. The molecule has 2 aromatic carbocycles. The lowest BCUT2D eigenvalue weighted by molar-refractivity contribution is -0.138. The van der Waals surface area contributed by atoms with Crippen LogP contribution in [0.3, 0.4) is 0 Å². The van der Waals surface area contributed by atoms with Crippen LogP contribution >= 0.6 is 0 Å². The van der Waals surface area contributed by atoms with Gasteiger partial charge in [-0.25, -0.2) is 0 Å². The fourth-order valence-electron chi connectivity index (χ4n) is 2.71. The zero-order chi connectivity index (χ0) is 20.0. The summed E-state index contributed by atoms with van der Waals surface area (Å²) in [6.07, 6.45) is 0.629. The van der Waals surface area contributed by atoms with Crippen molar-refractivity contribution in [2.45, 2.75) is 34.1 Å². The lowest BCUT2D eigenvalue weighted by Gasteiger charge is -2.23. The molecule has 0 fully saturated rings. The molecule has 0 atom stereocenters. The molecule has 0 aromatic heterocycles. The van der Waals surface area contributed by atoms with Crippen LogP contribution in [0.1, 0.15) is 30.5 Å². The summed E-state index contributed by atoms with van der Waals surface area (Å²) < 4.78 is 5.32. The van der Waals surface area contributed by atoms with Gasteiger partial charge in [0, 0.05) is 12.2 Å². The minimum Gasteiger partial charge on any atom is -0.496 e. The van der Waals surface area contributed by atoms with Gasteiger partial charge in [-0.2, -0.15) is 0 Å². The molecule has 0 aliphatic rings. The summed E-state index contributed by atoms with van der Waals surface area (Å²) in [5, 5.41) is 5.74. The Labute approximate surface area is 161 Å². The molecule has 2 rings (SSSR count). The SMILES string of the molecule is COc1ccccc1CCNC(=O)C(C)(C)C(=O)Nc1cccc(C)c1C. The van der Waals surface area contributed by atoms with Crippen LogP contribution in [0.15, 0.2) is 42.5 Å². The molecule has 0 aliphatic carbocycles. The summed E-state index contributed by atoms with van der Waals surface area (Å²) in [4.78, 5) is 25.3. The van der Waals surface area contributed by atoms with E-state index in [1.54, 1.807) is 21.0 Å². The van der Waals surface area contributed by atoms with Gasteiger partial charge in [-0.1, -0.05) is 30.3 Å². The summed E-state index contributed by atoms with van der Waals surface area (Å²) in [5.41, 5.74) is 2.65. The van der Waals surface area contributed by atoms with Gasteiger partial charge in [-0.15, -0.1) is 0 Å². The number of hydrogen-bond acceptors (Lipinski definition) is 3. The number of aryl methyl sites for hydroxylation is 1. The van der Waals surface area contributed by atoms with Crippen LogP contribution in [0.5, 0.6) is 5.75 Å². The number of hydrogen-bond donors (Lipinski definition) is 2. The monoisotopic (exact) mass is 368 g/mol. The molecule has 2 aromatic rings. The van der Waals surface area contributed by atoms with E-state index in [1.165, 1.54) is 0 Å². The molecule has 0 saturated carbocycles. The molecular weight excluding hydrogens is 340 g/mol. The molecule has 5 heteroatoms. The average molecular weight is 368 g/mol. The van der Waals surface area contributed by atoms with E-state index >= 15 is 0 Å². The molecule has 144 valence electrons. The van der Waals surface area contributed by atoms with E-state index in [9.17, 15) is 9.59 Å². The van der Waals surface area contributed by atoms with Crippen molar-refractivity contribution in [2.75, 3.05) is 19.0 Å². The van der Waals surface area contributed by atoms with Crippen molar-refractivity contribution in [3.63, 3.8) is 0 Å². The van der Waals surface area contributed by atoms with E-state index in [1.807, 2.05) is 56.3 Å². The highest BCUT2D eigenvalue weighted by Gasteiger charge is 2.36. The van der Waals surface area contributed by atoms with E-state index < -0.39 is 5.41 Å². The van der Waals surface area contributed by atoms with Crippen molar-refractivity contribution in [2.24, 2.45) is 5.41 Å². The molecule has 27 heavy (non-hydrogen) atoms. The Balaban J connectivity index is 1.97. The fourth-order valence-corrected chi connectivity index (χ4v) is 2.71. The zero-order valence-corrected chi connectivity index (χ0v) is 16.7. The maximum absolute atomic E-state index is 12.7. The van der Waals surface area contributed by atoms with E-state index in [0.717, 1.165) is 28.1 Å². The summed E-state index contributed by atoms with van der Waals surface area (Å²) in [5.74, 6) is 0.157. The second-order valence-electron chi connectivity index (χ2n) is 7.14. The minimum absolute atomic E-state index is 0.305. The molecular formula is C22H28N2O3. The molecule has 0 bridgehead atoms. The van der Waals surface area contributed by atoms with Crippen LogP contribution in [0.25, 0.3) is 0 Å².